The zero-order valence-electron chi connectivity index (χ0n) is 44.0. The van der Waals surface area contributed by atoms with E-state index in [0.717, 1.165) is 45.1 Å². The molecule has 11 rings (SSSR count). The van der Waals surface area contributed by atoms with Crippen LogP contribution in [0.2, 0.25) is 0 Å². The highest BCUT2D eigenvalue weighted by molar-refractivity contribution is 6.10. The Balaban J connectivity index is 1.01. The Morgan fingerprint density at radius 2 is 1.01 bits per heavy atom. The summed E-state index contributed by atoms with van der Waals surface area (Å²) in [6.07, 6.45) is 1.94. The van der Waals surface area contributed by atoms with Crippen LogP contribution in [0.5, 0.6) is 11.5 Å². The maximum Gasteiger partial charge on any atom is 0.137 e. The van der Waals surface area contributed by atoms with Gasteiger partial charge in [-0.1, -0.05) is 184 Å². The van der Waals surface area contributed by atoms with E-state index < -0.39 is 0 Å². The Kier molecular flexibility index (Phi) is 11.7. The van der Waals surface area contributed by atoms with E-state index in [1.54, 1.807) is 0 Å². The van der Waals surface area contributed by atoms with Crippen molar-refractivity contribution >= 4 is 44.6 Å². The lowest BCUT2D eigenvalue weighted by atomic mass is 9.75. The fourth-order valence-corrected chi connectivity index (χ4v) is 10.7. The molecule has 3 heterocycles. The lowest BCUT2D eigenvalue weighted by Crippen LogP contribution is -2.26. The maximum atomic E-state index is 6.95. The number of rotatable bonds is 10. The van der Waals surface area contributed by atoms with E-state index >= 15 is 0 Å². The molecule has 0 amide bonds. The largest absolute Gasteiger partial charge is 0.457 e. The first-order chi connectivity index (χ1) is 34.9. The third kappa shape index (κ3) is 8.86. The van der Waals surface area contributed by atoms with Crippen LogP contribution in [0.15, 0.2) is 206 Å². The number of pyridine rings is 1. The van der Waals surface area contributed by atoms with Gasteiger partial charge in [0.1, 0.15) is 24.0 Å². The molecule has 0 spiro atoms. The second-order valence-electron chi connectivity index (χ2n) is 23.1. The predicted molar refractivity (Wildman–Crippen MR) is 307 cm³/mol. The third-order valence-electron chi connectivity index (χ3n) is 15.4. The molecule has 5 nitrogen and oxygen atoms in total. The molecule has 0 unspecified atom stereocenters. The number of fused-ring (bicyclic) bond motifs is 4. The number of hydrogen-bond donors (Lipinski definition) is 0. The molecule has 0 bridgehead atoms. The highest BCUT2D eigenvalue weighted by Gasteiger charge is 2.34. The number of ether oxygens (including phenoxy) is 1. The van der Waals surface area contributed by atoms with Crippen LogP contribution in [0.25, 0.3) is 38.8 Å². The zero-order chi connectivity index (χ0) is 50.9. The van der Waals surface area contributed by atoms with Gasteiger partial charge in [0, 0.05) is 51.3 Å². The van der Waals surface area contributed by atoms with Crippen LogP contribution in [0.1, 0.15) is 103 Å². The molecule has 0 saturated heterocycles. The first-order valence-electron chi connectivity index (χ1n) is 25.8. The van der Waals surface area contributed by atoms with Crippen LogP contribution in [0.4, 0.5) is 22.7 Å². The van der Waals surface area contributed by atoms with Gasteiger partial charge in [0.05, 0.1) is 22.4 Å². The molecule has 0 saturated carbocycles. The number of anilines is 4. The van der Waals surface area contributed by atoms with Crippen molar-refractivity contribution in [2.24, 2.45) is 0 Å². The lowest BCUT2D eigenvalue weighted by molar-refractivity contribution is 0.483. The van der Waals surface area contributed by atoms with E-state index in [0.29, 0.717) is 6.67 Å². The Morgan fingerprint density at radius 1 is 0.384 bits per heavy atom. The molecular weight excluding hydrogens is 889 g/mol. The fraction of sp³-hybridized carbons (Fsp3) is 0.221. The first kappa shape index (κ1) is 47.4. The van der Waals surface area contributed by atoms with E-state index in [2.05, 4.69) is 284 Å². The minimum Gasteiger partial charge on any atom is -0.457 e. The highest BCUT2D eigenvalue weighted by atomic mass is 16.5. The van der Waals surface area contributed by atoms with Gasteiger partial charge in [0.2, 0.25) is 0 Å². The number of aromatic nitrogens is 2. The van der Waals surface area contributed by atoms with Crippen molar-refractivity contribution in [3.8, 4) is 28.4 Å². The van der Waals surface area contributed by atoms with Crippen LogP contribution in [-0.2, 0) is 21.7 Å². The predicted octanol–water partition coefficient (Wildman–Crippen LogP) is 18.1. The SMILES string of the molecule is CC(C)(C)c1cc(N2CN(c3cccc(Oc4ccc5c6cc(-c7ccccc7)ccc6n(-c6cc(C(C)(C)C)ccn6)c5c4)c3)c3cc(C(C)(C)c4ccccc4)ccc32)cc(C(C)(C)c2ccccc2)c1. The van der Waals surface area contributed by atoms with Gasteiger partial charge in [-0.05, 0) is 128 Å². The Morgan fingerprint density at radius 3 is 1.70 bits per heavy atom. The van der Waals surface area contributed by atoms with Gasteiger partial charge in [-0.15, -0.1) is 0 Å². The molecule has 1 aliphatic heterocycles. The Labute approximate surface area is 432 Å². The molecule has 5 heteroatoms. The lowest BCUT2D eigenvalue weighted by Gasteiger charge is -2.32. The summed E-state index contributed by atoms with van der Waals surface area (Å²) < 4.78 is 9.25. The van der Waals surface area contributed by atoms with Gasteiger partial charge in [0.25, 0.3) is 0 Å². The molecule has 0 atom stereocenters. The van der Waals surface area contributed by atoms with Crippen molar-refractivity contribution in [2.75, 3.05) is 16.5 Å². The number of benzene rings is 8. The van der Waals surface area contributed by atoms with Crippen LogP contribution >= 0.6 is 0 Å². The third-order valence-corrected chi connectivity index (χ3v) is 15.4. The van der Waals surface area contributed by atoms with Gasteiger partial charge >= 0.3 is 0 Å². The number of hydrogen-bond acceptors (Lipinski definition) is 4. The van der Waals surface area contributed by atoms with E-state index in [-0.39, 0.29) is 21.7 Å². The summed E-state index contributed by atoms with van der Waals surface area (Å²) in [5.41, 5.74) is 16.2. The Bertz CT molecular complexity index is 3650. The summed E-state index contributed by atoms with van der Waals surface area (Å²) in [6, 6.07) is 72.9. The molecule has 1 aliphatic rings. The molecule has 10 aromatic rings. The molecule has 8 aromatic carbocycles. The van der Waals surface area contributed by atoms with E-state index in [4.69, 9.17) is 9.72 Å². The van der Waals surface area contributed by atoms with Gasteiger partial charge in [-0.2, -0.15) is 0 Å². The van der Waals surface area contributed by atoms with Crippen molar-refractivity contribution in [3.05, 3.63) is 240 Å². The summed E-state index contributed by atoms with van der Waals surface area (Å²) in [4.78, 5) is 9.95. The first-order valence-corrected chi connectivity index (χ1v) is 25.8. The van der Waals surface area contributed by atoms with Crippen molar-refractivity contribution in [2.45, 2.75) is 90.9 Å². The molecule has 0 N–H and O–H groups in total. The summed E-state index contributed by atoms with van der Waals surface area (Å²) in [7, 11) is 0. The molecular formula is C68H66N4O. The van der Waals surface area contributed by atoms with Gasteiger partial charge in [-0.3, -0.25) is 4.57 Å². The quantitative estimate of drug-likeness (QED) is 0.137. The van der Waals surface area contributed by atoms with Crippen LogP contribution < -0.4 is 14.5 Å². The summed E-state index contributed by atoms with van der Waals surface area (Å²) >= 11 is 0. The smallest absolute Gasteiger partial charge is 0.137 e. The van der Waals surface area contributed by atoms with Gasteiger partial charge < -0.3 is 14.5 Å². The van der Waals surface area contributed by atoms with Crippen molar-refractivity contribution in [1.82, 2.24) is 9.55 Å². The fourth-order valence-electron chi connectivity index (χ4n) is 10.7. The molecule has 0 aliphatic carbocycles. The van der Waals surface area contributed by atoms with Crippen LogP contribution in [0.3, 0.4) is 0 Å². The standard InChI is InChI=1S/C68H66N4O/c1-65(2,3)50-35-36-69-64(42-50)72-60-33-29-47(46-21-14-11-15-22-46)37-59(60)58-32-31-57(44-62(58)72)73-56-28-20-27-54(43-56)70-45-71(61-34-30-51(41-63(61)70)67(7,8)48-23-16-12-17-24-48)55-39-52(66(4,5)6)38-53(40-55)68(9,10)49-25-18-13-19-26-49/h11-44H,45H2,1-10H3. The van der Waals surface area contributed by atoms with E-state index in [1.165, 1.54) is 61.3 Å². The summed E-state index contributed by atoms with van der Waals surface area (Å²) in [6.45, 7) is 23.7. The minimum atomic E-state index is -0.229. The second-order valence-corrected chi connectivity index (χ2v) is 23.1. The average Bonchev–Trinajstić information content (AvgIpc) is 3.94. The Hall–Kier alpha value is -7.89. The second kappa shape index (κ2) is 18.0. The molecule has 364 valence electrons. The zero-order valence-corrected chi connectivity index (χ0v) is 44.0. The van der Waals surface area contributed by atoms with E-state index in [1.807, 2.05) is 6.20 Å². The van der Waals surface area contributed by atoms with Crippen LogP contribution in [0, 0.1) is 0 Å². The van der Waals surface area contributed by atoms with E-state index in [9.17, 15) is 0 Å². The highest BCUT2D eigenvalue weighted by Crippen LogP contribution is 2.49. The summed E-state index contributed by atoms with van der Waals surface area (Å²) in [5.74, 6) is 2.41. The topological polar surface area (TPSA) is 33.5 Å². The number of nitrogens with zero attached hydrogens (tertiary/aromatic N) is 4. The van der Waals surface area contributed by atoms with Gasteiger partial charge in [0.15, 0.2) is 0 Å². The maximum absolute atomic E-state index is 6.95. The van der Waals surface area contributed by atoms with Crippen LogP contribution in [-0.4, -0.2) is 16.2 Å². The molecule has 0 radical (unpaired) electrons. The molecule has 73 heavy (non-hydrogen) atoms. The average molecular weight is 955 g/mol. The molecule has 2 aromatic heterocycles. The van der Waals surface area contributed by atoms with Crippen molar-refractivity contribution in [1.29, 1.82) is 0 Å². The minimum absolute atomic E-state index is 0.0402. The normalized spacial score (nSPS) is 13.2. The van der Waals surface area contributed by atoms with Crippen molar-refractivity contribution < 1.29 is 4.74 Å². The van der Waals surface area contributed by atoms with Gasteiger partial charge in [-0.25, -0.2) is 4.98 Å². The summed E-state index contributed by atoms with van der Waals surface area (Å²) in [5, 5.41) is 2.31. The monoisotopic (exact) mass is 955 g/mol. The molecule has 0 fully saturated rings. The van der Waals surface area contributed by atoms with Crippen molar-refractivity contribution in [3.63, 3.8) is 0 Å².